The summed E-state index contributed by atoms with van der Waals surface area (Å²) in [5.74, 6) is -0.186. The standard InChI is InChI=1S/C19H26F3N7O2/c1-4-23-16-13(19(20,21)22)9-24-17(27-16)26-14-10-25-29(11(14)2)15-5-6-28(12(15)3)18-30-7-8-31-18/h9-10,12,15,18H,4-8H2,1-3H3,(H2,23,24,26,27). The van der Waals surface area contributed by atoms with Crippen LogP contribution in [-0.4, -0.2) is 63.4 Å². The molecule has 0 bridgehead atoms. The summed E-state index contributed by atoms with van der Waals surface area (Å²) in [7, 11) is 0. The summed E-state index contributed by atoms with van der Waals surface area (Å²) in [6.45, 7) is 8.04. The monoisotopic (exact) mass is 441 g/mol. The van der Waals surface area contributed by atoms with E-state index in [0.29, 0.717) is 25.4 Å². The minimum atomic E-state index is -4.53. The summed E-state index contributed by atoms with van der Waals surface area (Å²) in [6, 6.07) is 0.270. The number of alkyl halides is 3. The Morgan fingerprint density at radius 1 is 1.23 bits per heavy atom. The van der Waals surface area contributed by atoms with E-state index in [9.17, 15) is 13.2 Å². The van der Waals surface area contributed by atoms with Crippen LogP contribution in [0.1, 0.15) is 37.6 Å². The second-order valence-electron chi connectivity index (χ2n) is 7.58. The van der Waals surface area contributed by atoms with Crippen LogP contribution in [0.2, 0.25) is 0 Å². The molecule has 4 rings (SSSR count). The van der Waals surface area contributed by atoms with Crippen LogP contribution in [0, 0.1) is 6.92 Å². The molecule has 2 aromatic heterocycles. The fourth-order valence-electron chi connectivity index (χ4n) is 4.06. The number of halogens is 3. The van der Waals surface area contributed by atoms with Gasteiger partial charge in [-0.15, -0.1) is 0 Å². The fraction of sp³-hybridized carbons (Fsp3) is 0.632. The molecule has 2 atom stereocenters. The second-order valence-corrected chi connectivity index (χ2v) is 7.58. The van der Waals surface area contributed by atoms with E-state index in [4.69, 9.17) is 9.47 Å². The lowest BCUT2D eigenvalue weighted by Crippen LogP contribution is -2.40. The molecule has 2 N–H and O–H groups in total. The molecule has 0 amide bonds. The molecule has 2 aromatic rings. The average Bonchev–Trinajstić information content (AvgIpc) is 3.43. The lowest BCUT2D eigenvalue weighted by Gasteiger charge is -2.28. The lowest BCUT2D eigenvalue weighted by atomic mass is 10.1. The van der Waals surface area contributed by atoms with Gasteiger partial charge in [0.05, 0.1) is 36.8 Å². The Kier molecular flexibility index (Phi) is 6.04. The zero-order valence-corrected chi connectivity index (χ0v) is 17.6. The zero-order chi connectivity index (χ0) is 22.2. The summed E-state index contributed by atoms with van der Waals surface area (Å²) in [4.78, 5) is 10.0. The Labute approximate surface area is 177 Å². The molecule has 2 unspecified atom stereocenters. The van der Waals surface area contributed by atoms with Crippen molar-refractivity contribution in [1.82, 2.24) is 24.6 Å². The number of likely N-dealkylation sites (tertiary alicyclic amines) is 1. The van der Waals surface area contributed by atoms with E-state index >= 15 is 0 Å². The molecule has 9 nitrogen and oxygen atoms in total. The van der Waals surface area contributed by atoms with Crippen LogP contribution in [0.3, 0.4) is 0 Å². The van der Waals surface area contributed by atoms with Gasteiger partial charge in [-0.1, -0.05) is 0 Å². The zero-order valence-electron chi connectivity index (χ0n) is 17.6. The van der Waals surface area contributed by atoms with Crippen LogP contribution >= 0.6 is 0 Å². The van der Waals surface area contributed by atoms with Gasteiger partial charge in [0.15, 0.2) is 0 Å². The van der Waals surface area contributed by atoms with E-state index in [0.717, 1.165) is 24.9 Å². The number of nitrogens with one attached hydrogen (secondary N) is 2. The van der Waals surface area contributed by atoms with Gasteiger partial charge in [0, 0.05) is 25.3 Å². The molecule has 12 heteroatoms. The predicted octanol–water partition coefficient (Wildman–Crippen LogP) is 3.14. The van der Waals surface area contributed by atoms with Gasteiger partial charge in [0.1, 0.15) is 11.4 Å². The minimum absolute atomic E-state index is 0.0699. The maximum absolute atomic E-state index is 13.2. The number of anilines is 3. The summed E-state index contributed by atoms with van der Waals surface area (Å²) < 4.78 is 52.7. The highest BCUT2D eigenvalue weighted by molar-refractivity contribution is 5.58. The molecule has 2 aliphatic heterocycles. The van der Waals surface area contributed by atoms with Crippen molar-refractivity contribution in [2.75, 3.05) is 36.9 Å². The van der Waals surface area contributed by atoms with Gasteiger partial charge in [-0.3, -0.25) is 9.58 Å². The number of hydrogen-bond donors (Lipinski definition) is 2. The molecule has 0 saturated carbocycles. The number of aromatic nitrogens is 4. The number of hydrogen-bond acceptors (Lipinski definition) is 8. The molecule has 0 aromatic carbocycles. The first-order chi connectivity index (χ1) is 14.8. The first-order valence-corrected chi connectivity index (χ1v) is 10.3. The van der Waals surface area contributed by atoms with E-state index in [2.05, 4.69) is 37.5 Å². The quantitative estimate of drug-likeness (QED) is 0.707. The maximum atomic E-state index is 13.2. The molecule has 2 saturated heterocycles. The van der Waals surface area contributed by atoms with Gasteiger partial charge in [-0.05, 0) is 27.2 Å². The molecular formula is C19H26F3N7O2. The largest absolute Gasteiger partial charge is 0.421 e. The number of rotatable bonds is 6. The molecule has 0 spiro atoms. The molecular weight excluding hydrogens is 415 g/mol. The second kappa shape index (κ2) is 8.60. The Balaban J connectivity index is 1.52. The van der Waals surface area contributed by atoms with Crippen molar-refractivity contribution in [3.05, 3.63) is 23.7 Å². The third-order valence-electron chi connectivity index (χ3n) is 5.68. The van der Waals surface area contributed by atoms with Crippen molar-refractivity contribution in [3.63, 3.8) is 0 Å². The topological polar surface area (TPSA) is 89.4 Å². The third kappa shape index (κ3) is 4.32. The molecule has 2 aliphatic rings. The Morgan fingerprint density at radius 2 is 1.97 bits per heavy atom. The van der Waals surface area contributed by atoms with Crippen molar-refractivity contribution in [2.24, 2.45) is 0 Å². The van der Waals surface area contributed by atoms with Crippen LogP contribution < -0.4 is 10.6 Å². The SMILES string of the molecule is CCNc1nc(Nc2cnn(C3CCN(C4OCCO4)C3C)c2C)ncc1C(F)(F)F. The van der Waals surface area contributed by atoms with E-state index in [-0.39, 0.29) is 30.3 Å². The van der Waals surface area contributed by atoms with Crippen LogP contribution in [0.4, 0.5) is 30.6 Å². The Hall–Kier alpha value is -2.44. The molecule has 31 heavy (non-hydrogen) atoms. The molecule has 2 fully saturated rings. The average molecular weight is 441 g/mol. The van der Waals surface area contributed by atoms with Crippen molar-refractivity contribution in [3.8, 4) is 0 Å². The molecule has 170 valence electrons. The van der Waals surface area contributed by atoms with Gasteiger partial charge in [-0.2, -0.15) is 23.3 Å². The highest BCUT2D eigenvalue weighted by Crippen LogP contribution is 2.35. The highest BCUT2D eigenvalue weighted by atomic mass is 19.4. The number of nitrogens with zero attached hydrogens (tertiary/aromatic N) is 5. The van der Waals surface area contributed by atoms with Gasteiger partial charge < -0.3 is 20.1 Å². The van der Waals surface area contributed by atoms with Crippen molar-refractivity contribution >= 4 is 17.5 Å². The third-order valence-corrected chi connectivity index (χ3v) is 5.68. The van der Waals surface area contributed by atoms with Gasteiger partial charge in [0.25, 0.3) is 0 Å². The maximum Gasteiger partial charge on any atom is 0.421 e. The van der Waals surface area contributed by atoms with E-state index in [1.165, 1.54) is 0 Å². The first-order valence-electron chi connectivity index (χ1n) is 10.3. The minimum Gasteiger partial charge on any atom is -0.370 e. The van der Waals surface area contributed by atoms with Crippen LogP contribution in [0.5, 0.6) is 0 Å². The summed E-state index contributed by atoms with van der Waals surface area (Å²) >= 11 is 0. The fourth-order valence-corrected chi connectivity index (χ4v) is 4.06. The Bertz CT molecular complexity index is 914. The predicted molar refractivity (Wildman–Crippen MR) is 107 cm³/mol. The van der Waals surface area contributed by atoms with Crippen molar-refractivity contribution in [1.29, 1.82) is 0 Å². The first kappa shape index (κ1) is 21.8. The van der Waals surface area contributed by atoms with Crippen LogP contribution in [0.25, 0.3) is 0 Å². The summed E-state index contributed by atoms with van der Waals surface area (Å²) in [5, 5.41) is 10.2. The lowest BCUT2D eigenvalue weighted by molar-refractivity contribution is -0.157. The molecule has 4 heterocycles. The smallest absolute Gasteiger partial charge is 0.370 e. The highest BCUT2D eigenvalue weighted by Gasteiger charge is 2.39. The summed E-state index contributed by atoms with van der Waals surface area (Å²) in [6.07, 6.45) is -1.55. The van der Waals surface area contributed by atoms with E-state index < -0.39 is 11.7 Å². The summed E-state index contributed by atoms with van der Waals surface area (Å²) in [5.41, 5.74) is 0.588. The van der Waals surface area contributed by atoms with Crippen LogP contribution in [-0.2, 0) is 15.7 Å². The van der Waals surface area contributed by atoms with Gasteiger partial charge >= 0.3 is 6.18 Å². The van der Waals surface area contributed by atoms with Crippen LogP contribution in [0.15, 0.2) is 12.4 Å². The molecule has 0 aliphatic carbocycles. The van der Waals surface area contributed by atoms with Gasteiger partial charge in [0.2, 0.25) is 12.4 Å². The Morgan fingerprint density at radius 3 is 2.65 bits per heavy atom. The normalized spacial score (nSPS) is 22.9. The van der Waals surface area contributed by atoms with Crippen molar-refractivity contribution in [2.45, 2.75) is 51.9 Å². The molecule has 0 radical (unpaired) electrons. The van der Waals surface area contributed by atoms with Crippen molar-refractivity contribution < 1.29 is 22.6 Å². The van der Waals surface area contributed by atoms with E-state index in [1.807, 2.05) is 11.6 Å². The number of ether oxygens (including phenoxy) is 2. The van der Waals surface area contributed by atoms with Gasteiger partial charge in [-0.25, -0.2) is 4.98 Å². The van der Waals surface area contributed by atoms with E-state index in [1.54, 1.807) is 13.1 Å².